The van der Waals surface area contributed by atoms with Gasteiger partial charge in [-0.2, -0.15) is 0 Å². The maximum absolute atomic E-state index is 13.8. The molecule has 1 heterocycles. The Kier molecular flexibility index (Phi) is 5.71. The second-order valence-corrected chi connectivity index (χ2v) is 6.86. The lowest BCUT2D eigenvalue weighted by molar-refractivity contribution is 0.102. The fourth-order valence-electron chi connectivity index (χ4n) is 3.21. The van der Waals surface area contributed by atoms with Gasteiger partial charge in [0, 0.05) is 11.6 Å². The van der Waals surface area contributed by atoms with Crippen LogP contribution in [0.5, 0.6) is 5.88 Å². The fourth-order valence-corrected chi connectivity index (χ4v) is 3.21. The Hall–Kier alpha value is -4.06. The number of hydrogen-bond acceptors (Lipinski definition) is 3. The number of hydrogen-bond donors (Lipinski definition) is 1. The molecule has 0 spiro atoms. The van der Waals surface area contributed by atoms with Gasteiger partial charge in [0.05, 0.1) is 19.0 Å². The molecule has 0 radical (unpaired) electrons. The van der Waals surface area contributed by atoms with Crippen molar-refractivity contribution in [1.82, 2.24) is 4.98 Å². The molecule has 0 saturated heterocycles. The van der Waals surface area contributed by atoms with Gasteiger partial charge in [-0.15, -0.1) is 0 Å². The molecular formula is C25H18F2N2O2. The highest BCUT2D eigenvalue weighted by Gasteiger charge is 2.13. The first-order valence-electron chi connectivity index (χ1n) is 9.50. The molecule has 0 unspecified atom stereocenters. The largest absolute Gasteiger partial charge is 0.481 e. The Labute approximate surface area is 178 Å². The van der Waals surface area contributed by atoms with Gasteiger partial charge >= 0.3 is 0 Å². The second-order valence-electron chi connectivity index (χ2n) is 6.86. The number of nitrogens with zero attached hydrogens (tertiary/aromatic N) is 1. The molecule has 31 heavy (non-hydrogen) atoms. The van der Waals surface area contributed by atoms with E-state index in [1.165, 1.54) is 37.6 Å². The monoisotopic (exact) mass is 416 g/mol. The zero-order valence-corrected chi connectivity index (χ0v) is 16.6. The van der Waals surface area contributed by atoms with E-state index in [0.29, 0.717) is 39.4 Å². The van der Waals surface area contributed by atoms with E-state index in [1.54, 1.807) is 54.6 Å². The number of carbonyl (C=O) groups excluding carboxylic acids is 1. The average Bonchev–Trinajstić information content (AvgIpc) is 2.79. The maximum atomic E-state index is 13.8. The van der Waals surface area contributed by atoms with Crippen molar-refractivity contribution in [2.45, 2.75) is 0 Å². The molecule has 4 nitrogen and oxygen atoms in total. The smallest absolute Gasteiger partial charge is 0.255 e. The summed E-state index contributed by atoms with van der Waals surface area (Å²) in [5, 5.41) is 2.78. The van der Waals surface area contributed by atoms with Crippen LogP contribution in [0.3, 0.4) is 0 Å². The van der Waals surface area contributed by atoms with E-state index in [4.69, 9.17) is 4.74 Å². The van der Waals surface area contributed by atoms with Gasteiger partial charge in [0.15, 0.2) is 0 Å². The normalized spacial score (nSPS) is 10.5. The lowest BCUT2D eigenvalue weighted by atomic mass is 9.95. The maximum Gasteiger partial charge on any atom is 0.255 e. The first-order valence-corrected chi connectivity index (χ1v) is 9.50. The third kappa shape index (κ3) is 4.75. The number of halogens is 2. The minimum Gasteiger partial charge on any atom is -0.481 e. The third-order valence-electron chi connectivity index (χ3n) is 4.71. The topological polar surface area (TPSA) is 51.2 Å². The molecule has 6 heteroatoms. The first-order chi connectivity index (χ1) is 15.0. The van der Waals surface area contributed by atoms with E-state index >= 15 is 0 Å². The van der Waals surface area contributed by atoms with Crippen LogP contribution in [0.15, 0.2) is 85.1 Å². The zero-order chi connectivity index (χ0) is 21.8. The number of amides is 1. The number of carbonyl (C=O) groups is 1. The highest BCUT2D eigenvalue weighted by molar-refractivity contribution is 6.05. The highest BCUT2D eigenvalue weighted by Crippen LogP contribution is 2.29. The van der Waals surface area contributed by atoms with Gasteiger partial charge in [-0.25, -0.2) is 13.8 Å². The molecule has 1 amide bonds. The van der Waals surface area contributed by atoms with E-state index < -0.39 is 0 Å². The summed E-state index contributed by atoms with van der Waals surface area (Å²) in [6, 6.07) is 20.6. The quantitative estimate of drug-likeness (QED) is 0.437. The van der Waals surface area contributed by atoms with Gasteiger partial charge in [-0.1, -0.05) is 24.3 Å². The van der Waals surface area contributed by atoms with Crippen molar-refractivity contribution >= 4 is 11.6 Å². The number of benzene rings is 3. The Morgan fingerprint density at radius 2 is 1.42 bits per heavy atom. The van der Waals surface area contributed by atoms with E-state index in [2.05, 4.69) is 10.3 Å². The summed E-state index contributed by atoms with van der Waals surface area (Å²) in [6.07, 6.45) is 1.49. The van der Waals surface area contributed by atoms with E-state index in [9.17, 15) is 13.6 Å². The molecule has 0 aliphatic carbocycles. The van der Waals surface area contributed by atoms with Crippen LogP contribution in [0.4, 0.5) is 14.5 Å². The van der Waals surface area contributed by atoms with Gasteiger partial charge in [0.25, 0.3) is 5.91 Å². The summed E-state index contributed by atoms with van der Waals surface area (Å²) >= 11 is 0. The summed E-state index contributed by atoms with van der Waals surface area (Å²) < 4.78 is 32.6. The van der Waals surface area contributed by atoms with Crippen LogP contribution in [0.2, 0.25) is 0 Å². The van der Waals surface area contributed by atoms with Crippen molar-refractivity contribution in [3.05, 3.63) is 102 Å². The van der Waals surface area contributed by atoms with Gasteiger partial charge in [0.1, 0.15) is 11.6 Å². The third-order valence-corrected chi connectivity index (χ3v) is 4.71. The predicted octanol–water partition coefficient (Wildman–Crippen LogP) is 5.95. The molecule has 0 atom stereocenters. The Morgan fingerprint density at radius 3 is 1.90 bits per heavy atom. The van der Waals surface area contributed by atoms with Crippen molar-refractivity contribution in [2.75, 3.05) is 12.4 Å². The van der Waals surface area contributed by atoms with Crippen LogP contribution in [0, 0.1) is 11.6 Å². The van der Waals surface area contributed by atoms with Crippen LogP contribution in [0.1, 0.15) is 10.4 Å². The van der Waals surface area contributed by atoms with Crippen LogP contribution >= 0.6 is 0 Å². The Balaban J connectivity index is 1.75. The molecule has 1 aromatic heterocycles. The predicted molar refractivity (Wildman–Crippen MR) is 116 cm³/mol. The molecular weight excluding hydrogens is 398 g/mol. The van der Waals surface area contributed by atoms with E-state index in [0.717, 1.165) is 0 Å². The lowest BCUT2D eigenvalue weighted by Gasteiger charge is -2.12. The molecule has 154 valence electrons. The molecule has 1 N–H and O–H groups in total. The molecule has 0 bridgehead atoms. The summed E-state index contributed by atoms with van der Waals surface area (Å²) in [4.78, 5) is 17.0. The molecule has 4 aromatic rings. The zero-order valence-electron chi connectivity index (χ0n) is 16.6. The summed E-state index contributed by atoms with van der Waals surface area (Å²) in [5.74, 6) is -0.713. The van der Waals surface area contributed by atoms with Crippen molar-refractivity contribution in [3.63, 3.8) is 0 Å². The minimum absolute atomic E-state index is 0.344. The summed E-state index contributed by atoms with van der Waals surface area (Å²) in [6.45, 7) is 0. The van der Waals surface area contributed by atoms with Gasteiger partial charge in [-0.3, -0.25) is 4.79 Å². The summed E-state index contributed by atoms with van der Waals surface area (Å²) in [7, 11) is 1.51. The molecule has 0 aliphatic heterocycles. The van der Waals surface area contributed by atoms with E-state index in [1.807, 2.05) is 0 Å². The number of rotatable bonds is 5. The van der Waals surface area contributed by atoms with Crippen LogP contribution in [-0.2, 0) is 0 Å². The van der Waals surface area contributed by atoms with Gasteiger partial charge in [-0.05, 0) is 70.8 Å². The Morgan fingerprint density at radius 1 is 0.806 bits per heavy atom. The van der Waals surface area contributed by atoms with Crippen molar-refractivity contribution < 1.29 is 18.3 Å². The standard InChI is InChI=1S/C25H18F2N2O2/c1-31-24-9-8-23(15-28-24)29-25(30)20-11-18(16-4-2-6-21(26)13-16)10-19(12-20)17-5-3-7-22(27)14-17/h2-15H,1H3,(H,29,30). The van der Waals surface area contributed by atoms with Crippen molar-refractivity contribution in [2.24, 2.45) is 0 Å². The molecule has 0 fully saturated rings. The number of anilines is 1. The van der Waals surface area contributed by atoms with Crippen LogP contribution < -0.4 is 10.1 Å². The summed E-state index contributed by atoms with van der Waals surface area (Å²) in [5.41, 5.74) is 3.33. The van der Waals surface area contributed by atoms with Crippen molar-refractivity contribution in [1.29, 1.82) is 0 Å². The van der Waals surface area contributed by atoms with Gasteiger partial charge < -0.3 is 10.1 Å². The minimum atomic E-state index is -0.385. The number of ether oxygens (including phenoxy) is 1. The molecule has 0 saturated carbocycles. The SMILES string of the molecule is COc1ccc(NC(=O)c2cc(-c3cccc(F)c3)cc(-c3cccc(F)c3)c2)cn1. The lowest BCUT2D eigenvalue weighted by Crippen LogP contribution is -2.12. The van der Waals surface area contributed by atoms with Crippen LogP contribution in [-0.4, -0.2) is 18.0 Å². The fraction of sp³-hybridized carbons (Fsp3) is 0.0400. The number of aromatic nitrogens is 1. The molecule has 4 rings (SSSR count). The second kappa shape index (κ2) is 8.75. The first kappa shape index (κ1) is 20.2. The van der Waals surface area contributed by atoms with Crippen LogP contribution in [0.25, 0.3) is 22.3 Å². The molecule has 3 aromatic carbocycles. The van der Waals surface area contributed by atoms with Crippen molar-refractivity contribution in [3.8, 4) is 28.1 Å². The highest BCUT2D eigenvalue weighted by atomic mass is 19.1. The Bertz CT molecular complexity index is 1180. The average molecular weight is 416 g/mol. The van der Waals surface area contributed by atoms with E-state index in [-0.39, 0.29) is 17.5 Å². The number of methoxy groups -OCH3 is 1. The van der Waals surface area contributed by atoms with Gasteiger partial charge in [0.2, 0.25) is 5.88 Å². The number of pyridine rings is 1. The molecule has 0 aliphatic rings. The number of nitrogens with one attached hydrogen (secondary N) is 1.